The molecule has 0 unspecified atom stereocenters. The predicted octanol–water partition coefficient (Wildman–Crippen LogP) is -0.340. The first-order valence-corrected chi connectivity index (χ1v) is 10.2. The monoisotopic (exact) mass is 398 g/mol. The molecule has 9 nitrogen and oxygen atoms in total. The molecule has 2 rings (SSSR count). The molecule has 10 heteroatoms. The van der Waals surface area contributed by atoms with Gasteiger partial charge in [-0.1, -0.05) is 12.1 Å². The molecule has 148 valence electrons. The number of hydrogen-bond donors (Lipinski definition) is 2. The van der Waals surface area contributed by atoms with Crippen LogP contribution in [0.3, 0.4) is 0 Å². The van der Waals surface area contributed by atoms with E-state index in [1.807, 2.05) is 0 Å². The zero-order valence-corrected chi connectivity index (χ0v) is 15.9. The summed E-state index contributed by atoms with van der Waals surface area (Å²) in [6.07, 6.45) is -0.770. The Hall–Kier alpha value is -2.62. The van der Waals surface area contributed by atoms with Crippen molar-refractivity contribution in [1.29, 1.82) is 0 Å². The largest absolute Gasteiger partial charge is 0.496 e. The van der Waals surface area contributed by atoms with Crippen LogP contribution >= 0.6 is 0 Å². The highest BCUT2D eigenvalue weighted by Gasteiger charge is 2.30. The van der Waals surface area contributed by atoms with Crippen LogP contribution in [-0.4, -0.2) is 63.5 Å². The van der Waals surface area contributed by atoms with Gasteiger partial charge in [-0.3, -0.25) is 14.4 Å². The molecule has 0 spiro atoms. The third-order valence-corrected chi connectivity index (χ3v) is 5.77. The van der Waals surface area contributed by atoms with Gasteiger partial charge in [-0.15, -0.1) is 0 Å². The van der Waals surface area contributed by atoms with E-state index < -0.39 is 46.3 Å². The molecule has 0 aliphatic carbocycles. The molecule has 0 radical (unpaired) electrons. The first-order valence-electron chi connectivity index (χ1n) is 8.33. The molecule has 1 aliphatic heterocycles. The van der Waals surface area contributed by atoms with E-state index in [9.17, 15) is 22.8 Å². The summed E-state index contributed by atoms with van der Waals surface area (Å²) in [5, 5.41) is 4.94. The lowest BCUT2D eigenvalue weighted by Gasteiger charge is -2.16. The minimum Gasteiger partial charge on any atom is -0.496 e. The fourth-order valence-electron chi connectivity index (χ4n) is 2.60. The van der Waals surface area contributed by atoms with Crippen LogP contribution in [0.25, 0.3) is 0 Å². The van der Waals surface area contributed by atoms with E-state index in [4.69, 9.17) is 9.47 Å². The molecule has 2 amide bonds. The maximum atomic E-state index is 12.1. The average molecular weight is 398 g/mol. The number of nitrogens with one attached hydrogen (secondary N) is 2. The molecule has 2 N–H and O–H groups in total. The summed E-state index contributed by atoms with van der Waals surface area (Å²) in [4.78, 5) is 36.0. The standard InChI is InChI=1S/C17H22N2O7S/c1-11(16(21)19-12-7-8-27(23,24)10-12)26-15(20)9-18-17(22)13-5-3-4-6-14(13)25-2/h3-6,11-12H,7-10H2,1-2H3,(H,18,22)(H,19,21)/t11-,12-/m1/s1. The van der Waals surface area contributed by atoms with Gasteiger partial charge >= 0.3 is 5.97 Å². The minimum atomic E-state index is -3.12. The Morgan fingerprint density at radius 2 is 1.96 bits per heavy atom. The number of esters is 1. The Kier molecular flexibility index (Phi) is 6.78. The number of sulfone groups is 1. The fourth-order valence-corrected chi connectivity index (χ4v) is 4.27. The highest BCUT2D eigenvalue weighted by atomic mass is 32.2. The van der Waals surface area contributed by atoms with Gasteiger partial charge in [-0.2, -0.15) is 0 Å². The van der Waals surface area contributed by atoms with Crippen LogP contribution in [0, 0.1) is 0 Å². The molecular weight excluding hydrogens is 376 g/mol. The lowest BCUT2D eigenvalue weighted by Crippen LogP contribution is -2.43. The summed E-state index contributed by atoms with van der Waals surface area (Å²) < 4.78 is 32.8. The fraction of sp³-hybridized carbons (Fsp3) is 0.471. The average Bonchev–Trinajstić information content (AvgIpc) is 2.97. The lowest BCUT2D eigenvalue weighted by molar-refractivity contribution is -0.154. The number of para-hydroxylation sites is 1. The molecule has 27 heavy (non-hydrogen) atoms. The van der Waals surface area contributed by atoms with Crippen LogP contribution in [-0.2, 0) is 24.2 Å². The number of carbonyl (C=O) groups is 3. The molecule has 1 aliphatic rings. The lowest BCUT2D eigenvalue weighted by atomic mass is 10.2. The van der Waals surface area contributed by atoms with Crippen LogP contribution in [0.15, 0.2) is 24.3 Å². The number of hydrogen-bond acceptors (Lipinski definition) is 7. The molecule has 1 heterocycles. The summed E-state index contributed by atoms with van der Waals surface area (Å²) in [7, 11) is -1.69. The van der Waals surface area contributed by atoms with Gasteiger partial charge in [0, 0.05) is 6.04 Å². The molecule has 0 bridgehead atoms. The Morgan fingerprint density at radius 3 is 2.59 bits per heavy atom. The van der Waals surface area contributed by atoms with Gasteiger partial charge in [0.15, 0.2) is 15.9 Å². The highest BCUT2D eigenvalue weighted by Crippen LogP contribution is 2.16. The van der Waals surface area contributed by atoms with E-state index in [1.165, 1.54) is 14.0 Å². The number of rotatable bonds is 7. The third kappa shape index (κ3) is 5.95. The summed E-state index contributed by atoms with van der Waals surface area (Å²) >= 11 is 0. The molecule has 1 aromatic carbocycles. The molecule has 1 saturated heterocycles. The van der Waals surface area contributed by atoms with E-state index in [0.29, 0.717) is 12.2 Å². The van der Waals surface area contributed by atoms with Crippen LogP contribution in [0.4, 0.5) is 0 Å². The third-order valence-electron chi connectivity index (χ3n) is 4.00. The van der Waals surface area contributed by atoms with Gasteiger partial charge < -0.3 is 20.1 Å². The van der Waals surface area contributed by atoms with E-state index in [2.05, 4.69) is 10.6 Å². The van der Waals surface area contributed by atoms with Gasteiger partial charge in [0.25, 0.3) is 11.8 Å². The minimum absolute atomic E-state index is 0.0289. The number of amides is 2. The molecular formula is C17H22N2O7S. The van der Waals surface area contributed by atoms with Crippen molar-refractivity contribution in [2.45, 2.75) is 25.5 Å². The summed E-state index contributed by atoms with van der Waals surface area (Å²) in [6.45, 7) is 0.949. The second-order valence-electron chi connectivity index (χ2n) is 6.12. The number of ether oxygens (including phenoxy) is 2. The second-order valence-corrected chi connectivity index (χ2v) is 8.35. The first kappa shape index (κ1) is 20.7. The zero-order chi connectivity index (χ0) is 20.0. The molecule has 0 aromatic heterocycles. The van der Waals surface area contributed by atoms with Crippen molar-refractivity contribution < 1.29 is 32.3 Å². The highest BCUT2D eigenvalue weighted by molar-refractivity contribution is 7.91. The van der Waals surface area contributed by atoms with Crippen molar-refractivity contribution in [3.63, 3.8) is 0 Å². The predicted molar refractivity (Wildman–Crippen MR) is 96.1 cm³/mol. The van der Waals surface area contributed by atoms with E-state index in [0.717, 1.165) is 0 Å². The molecule has 1 aromatic rings. The van der Waals surface area contributed by atoms with Crippen molar-refractivity contribution in [3.05, 3.63) is 29.8 Å². The Bertz CT molecular complexity index is 822. The molecule has 0 saturated carbocycles. The second kappa shape index (κ2) is 8.85. The first-order chi connectivity index (χ1) is 12.7. The quantitative estimate of drug-likeness (QED) is 0.601. The normalized spacial score (nSPS) is 19.0. The van der Waals surface area contributed by atoms with Gasteiger partial charge in [-0.25, -0.2) is 8.42 Å². The summed E-state index contributed by atoms with van der Waals surface area (Å²) in [5.41, 5.74) is 0.265. The summed E-state index contributed by atoms with van der Waals surface area (Å²) in [5.74, 6) is -1.61. The Balaban J connectivity index is 1.79. The van der Waals surface area contributed by atoms with Crippen LogP contribution in [0.1, 0.15) is 23.7 Å². The van der Waals surface area contributed by atoms with Crippen molar-refractivity contribution in [1.82, 2.24) is 10.6 Å². The van der Waals surface area contributed by atoms with Gasteiger partial charge in [0.2, 0.25) is 0 Å². The van der Waals surface area contributed by atoms with Crippen LogP contribution < -0.4 is 15.4 Å². The topological polar surface area (TPSA) is 128 Å². The van der Waals surface area contributed by atoms with Gasteiger partial charge in [0.05, 0.1) is 24.2 Å². The SMILES string of the molecule is COc1ccccc1C(=O)NCC(=O)O[C@H](C)C(=O)N[C@@H]1CCS(=O)(=O)C1. The number of carbonyl (C=O) groups excluding carboxylic acids is 3. The van der Waals surface area contributed by atoms with Crippen molar-refractivity contribution in [2.75, 3.05) is 25.2 Å². The zero-order valence-electron chi connectivity index (χ0n) is 15.1. The van der Waals surface area contributed by atoms with E-state index in [-0.39, 0.29) is 17.1 Å². The molecule has 1 fully saturated rings. The maximum Gasteiger partial charge on any atom is 0.326 e. The van der Waals surface area contributed by atoms with Crippen molar-refractivity contribution in [3.8, 4) is 5.75 Å². The van der Waals surface area contributed by atoms with Crippen LogP contribution in [0.5, 0.6) is 5.75 Å². The van der Waals surface area contributed by atoms with Gasteiger partial charge in [0.1, 0.15) is 12.3 Å². The Morgan fingerprint density at radius 1 is 1.26 bits per heavy atom. The van der Waals surface area contributed by atoms with E-state index >= 15 is 0 Å². The van der Waals surface area contributed by atoms with Gasteiger partial charge in [-0.05, 0) is 25.5 Å². The molecule has 2 atom stereocenters. The number of benzene rings is 1. The van der Waals surface area contributed by atoms with E-state index in [1.54, 1.807) is 24.3 Å². The summed E-state index contributed by atoms with van der Waals surface area (Å²) in [6, 6.07) is 6.05. The maximum absolute atomic E-state index is 12.1. The van der Waals surface area contributed by atoms with Crippen LogP contribution in [0.2, 0.25) is 0 Å². The number of methoxy groups -OCH3 is 1. The smallest absolute Gasteiger partial charge is 0.326 e. The Labute approximate surface area is 157 Å². The van der Waals surface area contributed by atoms with Crippen molar-refractivity contribution >= 4 is 27.6 Å². The van der Waals surface area contributed by atoms with Crippen molar-refractivity contribution in [2.24, 2.45) is 0 Å².